The monoisotopic (exact) mass is 198 g/mol. The van der Waals surface area contributed by atoms with E-state index in [1.165, 1.54) is 12.8 Å². The summed E-state index contributed by atoms with van der Waals surface area (Å²) in [5, 5.41) is 3.28. The van der Waals surface area contributed by atoms with E-state index < -0.39 is 0 Å². The fourth-order valence-electron chi connectivity index (χ4n) is 1.83. The van der Waals surface area contributed by atoms with E-state index in [1.807, 2.05) is 11.9 Å². The number of amides is 1. The lowest BCUT2D eigenvalue weighted by Gasteiger charge is -2.27. The lowest BCUT2D eigenvalue weighted by molar-refractivity contribution is -0.132. The fraction of sp³-hybridized carbons (Fsp3) is 0.909. The molecule has 1 amide bonds. The van der Waals surface area contributed by atoms with Gasteiger partial charge in [-0.1, -0.05) is 19.8 Å². The van der Waals surface area contributed by atoms with Crippen LogP contribution in [0, 0.1) is 0 Å². The largest absolute Gasteiger partial charge is 0.344 e. The van der Waals surface area contributed by atoms with Crippen LogP contribution in [0.25, 0.3) is 0 Å². The SMILES string of the molecule is CCCCN(C)C(=O)[C@H]1CCCCN1. The molecule has 1 saturated heterocycles. The molecule has 0 unspecified atom stereocenters. The Hall–Kier alpha value is -0.570. The maximum atomic E-state index is 11.9. The number of hydrogen-bond acceptors (Lipinski definition) is 2. The molecule has 1 rings (SSSR count). The molecule has 0 saturated carbocycles. The van der Waals surface area contributed by atoms with Crippen LogP contribution in [0.15, 0.2) is 0 Å². The van der Waals surface area contributed by atoms with Crippen LogP contribution in [0.4, 0.5) is 0 Å². The van der Waals surface area contributed by atoms with Gasteiger partial charge in [0.05, 0.1) is 6.04 Å². The zero-order chi connectivity index (χ0) is 10.4. The minimum absolute atomic E-state index is 0.0885. The number of nitrogens with zero attached hydrogens (tertiary/aromatic N) is 1. The molecule has 1 fully saturated rings. The van der Waals surface area contributed by atoms with Crippen molar-refractivity contribution in [3.63, 3.8) is 0 Å². The highest BCUT2D eigenvalue weighted by atomic mass is 16.2. The number of carbonyl (C=O) groups excluding carboxylic acids is 1. The van der Waals surface area contributed by atoms with Crippen LogP contribution in [0.3, 0.4) is 0 Å². The van der Waals surface area contributed by atoms with Gasteiger partial charge >= 0.3 is 0 Å². The average molecular weight is 198 g/mol. The Balaban J connectivity index is 2.30. The molecule has 1 aliphatic rings. The average Bonchev–Trinajstić information content (AvgIpc) is 2.26. The molecule has 1 atom stereocenters. The summed E-state index contributed by atoms with van der Waals surface area (Å²) in [5.41, 5.74) is 0. The summed E-state index contributed by atoms with van der Waals surface area (Å²) in [4.78, 5) is 13.7. The molecule has 14 heavy (non-hydrogen) atoms. The van der Waals surface area contributed by atoms with Crippen molar-refractivity contribution in [2.24, 2.45) is 0 Å². The molecule has 1 heterocycles. The third-order valence-electron chi connectivity index (χ3n) is 2.83. The van der Waals surface area contributed by atoms with E-state index in [2.05, 4.69) is 12.2 Å². The zero-order valence-corrected chi connectivity index (χ0v) is 9.38. The molecule has 3 heteroatoms. The molecule has 0 aromatic heterocycles. The molecule has 0 bridgehead atoms. The van der Waals surface area contributed by atoms with Gasteiger partial charge in [-0.3, -0.25) is 4.79 Å². The molecule has 3 nitrogen and oxygen atoms in total. The van der Waals surface area contributed by atoms with Gasteiger partial charge in [0.1, 0.15) is 0 Å². The Labute approximate surface area is 86.9 Å². The predicted octanol–water partition coefficient (Wildman–Crippen LogP) is 1.39. The van der Waals surface area contributed by atoms with Crippen molar-refractivity contribution in [3.8, 4) is 0 Å². The molecule has 0 aromatic rings. The van der Waals surface area contributed by atoms with Gasteiger partial charge in [-0.05, 0) is 25.8 Å². The first-order valence-electron chi connectivity index (χ1n) is 5.74. The minimum atomic E-state index is 0.0885. The second-order valence-corrected chi connectivity index (χ2v) is 4.12. The molecule has 0 aromatic carbocycles. The summed E-state index contributed by atoms with van der Waals surface area (Å²) < 4.78 is 0. The number of rotatable bonds is 4. The minimum Gasteiger partial charge on any atom is -0.344 e. The Morgan fingerprint density at radius 1 is 1.50 bits per heavy atom. The highest BCUT2D eigenvalue weighted by Crippen LogP contribution is 2.09. The molecule has 1 N–H and O–H groups in total. The number of hydrogen-bond donors (Lipinski definition) is 1. The lowest BCUT2D eigenvalue weighted by Crippen LogP contribution is -2.47. The Kier molecular flexibility index (Phi) is 4.94. The van der Waals surface area contributed by atoms with Crippen molar-refractivity contribution in [1.82, 2.24) is 10.2 Å². The quantitative estimate of drug-likeness (QED) is 0.740. The van der Waals surface area contributed by atoms with Crippen LogP contribution in [0.2, 0.25) is 0 Å². The van der Waals surface area contributed by atoms with E-state index in [0.717, 1.165) is 32.4 Å². The van der Waals surface area contributed by atoms with Crippen LogP contribution >= 0.6 is 0 Å². The molecule has 82 valence electrons. The number of nitrogens with one attached hydrogen (secondary N) is 1. The predicted molar refractivity (Wildman–Crippen MR) is 58.2 cm³/mol. The summed E-state index contributed by atoms with van der Waals surface area (Å²) in [5.74, 6) is 0.276. The topological polar surface area (TPSA) is 32.3 Å². The van der Waals surface area contributed by atoms with Crippen molar-refractivity contribution in [3.05, 3.63) is 0 Å². The van der Waals surface area contributed by atoms with Crippen LogP contribution in [0.1, 0.15) is 39.0 Å². The normalized spacial score (nSPS) is 22.0. The number of unbranched alkanes of at least 4 members (excludes halogenated alkanes) is 1. The Morgan fingerprint density at radius 3 is 2.86 bits per heavy atom. The first-order valence-corrected chi connectivity index (χ1v) is 5.74. The molecular weight excluding hydrogens is 176 g/mol. The maximum absolute atomic E-state index is 11.9. The van der Waals surface area contributed by atoms with Gasteiger partial charge in [-0.2, -0.15) is 0 Å². The zero-order valence-electron chi connectivity index (χ0n) is 9.38. The third-order valence-corrected chi connectivity index (χ3v) is 2.83. The maximum Gasteiger partial charge on any atom is 0.239 e. The summed E-state index contributed by atoms with van der Waals surface area (Å²) in [7, 11) is 1.91. The van der Waals surface area contributed by atoms with Gasteiger partial charge in [0.2, 0.25) is 5.91 Å². The Bertz CT molecular complexity index is 176. The van der Waals surface area contributed by atoms with Gasteiger partial charge in [-0.15, -0.1) is 0 Å². The molecule has 0 aliphatic carbocycles. The van der Waals surface area contributed by atoms with Gasteiger partial charge < -0.3 is 10.2 Å². The molecular formula is C11H22N2O. The highest BCUT2D eigenvalue weighted by molar-refractivity contribution is 5.81. The molecule has 0 spiro atoms. The van der Waals surface area contributed by atoms with Crippen molar-refractivity contribution < 1.29 is 4.79 Å². The van der Waals surface area contributed by atoms with E-state index in [1.54, 1.807) is 0 Å². The first-order chi connectivity index (χ1) is 6.75. The lowest BCUT2D eigenvalue weighted by atomic mass is 10.0. The van der Waals surface area contributed by atoms with E-state index in [4.69, 9.17) is 0 Å². The van der Waals surface area contributed by atoms with Gasteiger partial charge in [0.15, 0.2) is 0 Å². The van der Waals surface area contributed by atoms with Gasteiger partial charge in [0.25, 0.3) is 0 Å². The highest BCUT2D eigenvalue weighted by Gasteiger charge is 2.22. The van der Waals surface area contributed by atoms with Crippen LogP contribution in [-0.2, 0) is 4.79 Å². The first kappa shape index (κ1) is 11.5. The Morgan fingerprint density at radius 2 is 2.29 bits per heavy atom. The molecule has 1 aliphatic heterocycles. The number of piperidine rings is 1. The van der Waals surface area contributed by atoms with Crippen LogP contribution < -0.4 is 5.32 Å². The molecule has 0 radical (unpaired) electrons. The van der Waals surface area contributed by atoms with E-state index in [-0.39, 0.29) is 11.9 Å². The van der Waals surface area contributed by atoms with Gasteiger partial charge in [0, 0.05) is 13.6 Å². The summed E-state index contributed by atoms with van der Waals surface area (Å²) >= 11 is 0. The van der Waals surface area contributed by atoms with Crippen molar-refractivity contribution in [2.45, 2.75) is 45.1 Å². The second-order valence-electron chi connectivity index (χ2n) is 4.12. The summed E-state index contributed by atoms with van der Waals surface area (Å²) in [6.45, 7) is 4.04. The third kappa shape index (κ3) is 3.29. The van der Waals surface area contributed by atoms with Crippen molar-refractivity contribution in [2.75, 3.05) is 20.1 Å². The van der Waals surface area contributed by atoms with E-state index >= 15 is 0 Å². The van der Waals surface area contributed by atoms with E-state index in [9.17, 15) is 4.79 Å². The summed E-state index contributed by atoms with van der Waals surface area (Å²) in [6.07, 6.45) is 5.66. The van der Waals surface area contributed by atoms with Crippen LogP contribution in [-0.4, -0.2) is 37.0 Å². The second kappa shape index (κ2) is 6.02. The van der Waals surface area contributed by atoms with E-state index in [0.29, 0.717) is 0 Å². The fourth-order valence-corrected chi connectivity index (χ4v) is 1.83. The number of carbonyl (C=O) groups is 1. The van der Waals surface area contributed by atoms with Crippen molar-refractivity contribution >= 4 is 5.91 Å². The summed E-state index contributed by atoms with van der Waals surface area (Å²) in [6, 6.07) is 0.0885. The standard InChI is InChI=1S/C11H22N2O/c1-3-4-9-13(2)11(14)10-7-5-6-8-12-10/h10,12H,3-9H2,1-2H3/t10-/m1/s1. The van der Waals surface area contributed by atoms with Gasteiger partial charge in [-0.25, -0.2) is 0 Å². The van der Waals surface area contributed by atoms with Crippen molar-refractivity contribution in [1.29, 1.82) is 0 Å². The van der Waals surface area contributed by atoms with Crippen LogP contribution in [0.5, 0.6) is 0 Å². The smallest absolute Gasteiger partial charge is 0.239 e. The number of likely N-dealkylation sites (N-methyl/N-ethyl adjacent to an activating group) is 1.